The van der Waals surface area contributed by atoms with Gasteiger partial charge in [0, 0.05) is 0 Å². The fourth-order valence-corrected chi connectivity index (χ4v) is 9.68. The van der Waals surface area contributed by atoms with Gasteiger partial charge < -0.3 is 0 Å². The van der Waals surface area contributed by atoms with Crippen molar-refractivity contribution in [3.05, 3.63) is 42.0 Å². The van der Waals surface area contributed by atoms with Gasteiger partial charge in [0.2, 0.25) is 0 Å². The first-order chi connectivity index (χ1) is 18.6. The van der Waals surface area contributed by atoms with Gasteiger partial charge >= 0.3 is 242 Å². The monoisotopic (exact) mass is 652 g/mol. The molecule has 0 spiro atoms. The van der Waals surface area contributed by atoms with Gasteiger partial charge in [-0.2, -0.15) is 0 Å². The van der Waals surface area contributed by atoms with Crippen LogP contribution < -0.4 is 0 Å². The number of aliphatic hydroxyl groups excluding tert-OH is 1. The third-order valence-corrected chi connectivity index (χ3v) is 14.4. The molecule has 1 unspecified atom stereocenters. The van der Waals surface area contributed by atoms with Crippen LogP contribution in [0.2, 0.25) is 18.8 Å². The second-order valence-corrected chi connectivity index (χ2v) is 26.6. The molecule has 0 aliphatic heterocycles. The van der Waals surface area contributed by atoms with Gasteiger partial charge in [-0.25, -0.2) is 0 Å². The van der Waals surface area contributed by atoms with Crippen LogP contribution in [0.15, 0.2) is 36.4 Å². The first-order valence-electron chi connectivity index (χ1n) is 14.8. The summed E-state index contributed by atoms with van der Waals surface area (Å²) >= 11 is -2.82. The molecule has 1 rings (SSSR count). The normalized spacial score (nSPS) is 12.6. The SMILES string of the molecule is CCCCCCCCOC(=O)[CH](CCN(C(=O)C=C(CC)c1ccccc1)N(CCO)C(=O)CC)[Sn]([CH3])([CH3])[CH3]. The maximum atomic E-state index is 13.6. The molecule has 0 heterocycles. The average molecular weight is 651 g/mol. The number of ether oxygens (including phenoxy) is 1. The number of nitrogens with zero attached hydrogens (tertiary/aromatic N) is 2. The minimum atomic E-state index is -2.82. The number of benzene rings is 1. The van der Waals surface area contributed by atoms with Crippen LogP contribution in [0.4, 0.5) is 0 Å². The summed E-state index contributed by atoms with van der Waals surface area (Å²) in [5, 5.41) is 12.5. The van der Waals surface area contributed by atoms with Crippen molar-refractivity contribution >= 4 is 41.7 Å². The Bertz CT molecular complexity index is 898. The molecule has 0 aromatic heterocycles. The summed E-state index contributed by atoms with van der Waals surface area (Å²) in [6.07, 6.45) is 9.61. The molecule has 2 amide bonds. The van der Waals surface area contributed by atoms with Crippen LogP contribution in [0.1, 0.15) is 84.1 Å². The Kier molecular flexibility index (Phi) is 17.3. The average Bonchev–Trinajstić information content (AvgIpc) is 2.91. The first-order valence-corrected chi connectivity index (χ1v) is 25.0. The van der Waals surface area contributed by atoms with Gasteiger partial charge in [0.05, 0.1) is 0 Å². The van der Waals surface area contributed by atoms with E-state index in [2.05, 4.69) is 21.7 Å². The molecule has 0 fully saturated rings. The summed E-state index contributed by atoms with van der Waals surface area (Å²) < 4.78 is 5.48. The van der Waals surface area contributed by atoms with Crippen molar-refractivity contribution < 1.29 is 24.2 Å². The van der Waals surface area contributed by atoms with E-state index < -0.39 is 18.4 Å². The second kappa shape index (κ2) is 19.2. The zero-order valence-electron chi connectivity index (χ0n) is 25.2. The number of allylic oxidation sites excluding steroid dienone is 1. The van der Waals surface area contributed by atoms with Crippen LogP contribution in [0.25, 0.3) is 5.57 Å². The number of carbonyl (C=O) groups excluding carboxylic acids is 3. The molecule has 0 saturated carbocycles. The topological polar surface area (TPSA) is 87.2 Å². The Morgan fingerprint density at radius 2 is 1.54 bits per heavy atom. The van der Waals surface area contributed by atoms with Crippen molar-refractivity contribution in [2.24, 2.45) is 0 Å². The van der Waals surface area contributed by atoms with Crippen molar-refractivity contribution in [1.82, 2.24) is 10.0 Å². The molecule has 39 heavy (non-hydrogen) atoms. The van der Waals surface area contributed by atoms with E-state index in [-0.39, 0.29) is 47.8 Å². The number of unbranched alkanes of at least 4 members (excludes halogenated alkanes) is 5. The summed E-state index contributed by atoms with van der Waals surface area (Å²) in [5.74, 6) is -0.747. The van der Waals surface area contributed by atoms with E-state index in [1.165, 1.54) is 29.3 Å². The quantitative estimate of drug-likeness (QED) is 0.0648. The van der Waals surface area contributed by atoms with Gasteiger partial charge in [0.25, 0.3) is 0 Å². The zero-order valence-corrected chi connectivity index (χ0v) is 28.1. The Labute approximate surface area is 240 Å². The summed E-state index contributed by atoms with van der Waals surface area (Å²) in [4.78, 5) is 46.3. The van der Waals surface area contributed by atoms with E-state index in [4.69, 9.17) is 4.74 Å². The molecule has 1 aromatic rings. The number of hydrazine groups is 1. The Hall–Kier alpha value is -1.87. The van der Waals surface area contributed by atoms with Crippen LogP contribution in [-0.2, 0) is 19.1 Å². The van der Waals surface area contributed by atoms with Crippen LogP contribution in [0.5, 0.6) is 0 Å². The maximum absolute atomic E-state index is 13.6. The third-order valence-electron chi connectivity index (χ3n) is 6.97. The Morgan fingerprint density at radius 3 is 2.10 bits per heavy atom. The van der Waals surface area contributed by atoms with Crippen LogP contribution in [0, 0.1) is 0 Å². The van der Waals surface area contributed by atoms with Crippen molar-refractivity contribution in [2.45, 2.75) is 97.3 Å². The molecule has 1 atom stereocenters. The summed E-state index contributed by atoms with van der Waals surface area (Å²) in [6, 6.07) is 9.70. The molecule has 1 aromatic carbocycles. The number of amides is 2. The van der Waals surface area contributed by atoms with Gasteiger partial charge in [-0.1, -0.05) is 0 Å². The van der Waals surface area contributed by atoms with E-state index in [9.17, 15) is 19.5 Å². The number of rotatable bonds is 18. The second-order valence-electron chi connectivity index (χ2n) is 11.1. The summed E-state index contributed by atoms with van der Waals surface area (Å²) in [7, 11) is 0. The summed E-state index contributed by atoms with van der Waals surface area (Å²) in [5.41, 5.74) is 1.81. The minimum absolute atomic E-state index is 0.0188. The number of carbonyl (C=O) groups is 3. The van der Waals surface area contributed by atoms with E-state index >= 15 is 0 Å². The molecule has 0 aliphatic carbocycles. The van der Waals surface area contributed by atoms with Crippen molar-refractivity contribution in [2.75, 3.05) is 26.3 Å². The predicted molar refractivity (Wildman–Crippen MR) is 162 cm³/mol. The van der Waals surface area contributed by atoms with Crippen LogP contribution in [0.3, 0.4) is 0 Å². The first kappa shape index (κ1) is 35.2. The fraction of sp³-hybridized carbons (Fsp3) is 0.645. The van der Waals surface area contributed by atoms with E-state index in [0.717, 1.165) is 30.4 Å². The molecule has 1 N–H and O–H groups in total. The number of esters is 1. The van der Waals surface area contributed by atoms with E-state index in [1.54, 1.807) is 13.0 Å². The number of hydrogen-bond acceptors (Lipinski definition) is 5. The van der Waals surface area contributed by atoms with Gasteiger partial charge in [0.15, 0.2) is 0 Å². The molecule has 0 saturated heterocycles. The molecule has 0 bridgehead atoms. The molecule has 0 radical (unpaired) electrons. The molecule has 7 nitrogen and oxygen atoms in total. The molecule has 8 heteroatoms. The third kappa shape index (κ3) is 12.9. The predicted octanol–water partition coefficient (Wildman–Crippen LogP) is 6.46. The van der Waals surface area contributed by atoms with Gasteiger partial charge in [0.1, 0.15) is 0 Å². The zero-order chi connectivity index (χ0) is 29.3. The number of hydrogen-bond donors (Lipinski definition) is 1. The standard InChI is InChI=1S/C28H43N2O5.3CH3.Sn/c1-4-7-8-9-10-14-22-35-28(34)18-15-19-29(30(20-21-31)26(32)6-3)27(33)23-24(5-2)25-16-12-11-13-17-25;;;;/h11-13,16-18,23,31H,4-10,14-15,19-22H2,1-3H3;3*1H3;. The van der Waals surface area contributed by atoms with E-state index in [0.29, 0.717) is 19.4 Å². The molecular weight excluding hydrogens is 599 g/mol. The summed E-state index contributed by atoms with van der Waals surface area (Å²) in [6.45, 7) is 6.31. The fourth-order valence-electron chi connectivity index (χ4n) is 4.58. The van der Waals surface area contributed by atoms with E-state index in [1.807, 2.05) is 37.3 Å². The van der Waals surface area contributed by atoms with Crippen LogP contribution in [-0.4, -0.2) is 77.6 Å². The van der Waals surface area contributed by atoms with Crippen molar-refractivity contribution in [3.8, 4) is 0 Å². The van der Waals surface area contributed by atoms with Crippen LogP contribution >= 0.6 is 0 Å². The van der Waals surface area contributed by atoms with Gasteiger partial charge in [-0.15, -0.1) is 0 Å². The van der Waals surface area contributed by atoms with Crippen molar-refractivity contribution in [1.29, 1.82) is 0 Å². The molecule has 220 valence electrons. The van der Waals surface area contributed by atoms with Gasteiger partial charge in [-0.3, -0.25) is 0 Å². The molecular formula is C31H52N2O5Sn. The Balaban J connectivity index is 3.10. The van der Waals surface area contributed by atoms with Gasteiger partial charge in [-0.05, 0) is 0 Å². The number of aliphatic hydroxyl groups is 1. The molecule has 0 aliphatic rings. The van der Waals surface area contributed by atoms with Crippen molar-refractivity contribution in [3.63, 3.8) is 0 Å². The Morgan fingerprint density at radius 1 is 0.897 bits per heavy atom.